The molecular formula is C10H12FNO3. The summed E-state index contributed by atoms with van der Waals surface area (Å²) in [5.74, 6) is -0.460. The van der Waals surface area contributed by atoms with Crippen LogP contribution in [-0.4, -0.2) is 26.7 Å². The molecule has 0 atom stereocenters. The number of anilines is 1. The molecule has 0 saturated carbocycles. The fraction of sp³-hybridized carbons (Fsp3) is 0.300. The number of carbonyl (C=O) groups excluding carboxylic acids is 1. The van der Waals surface area contributed by atoms with Gasteiger partial charge in [-0.2, -0.15) is 0 Å². The Kier molecular flexibility index (Phi) is 4.05. The van der Waals surface area contributed by atoms with Crippen LogP contribution < -0.4 is 10.1 Å². The van der Waals surface area contributed by atoms with E-state index in [9.17, 15) is 9.18 Å². The van der Waals surface area contributed by atoms with Gasteiger partial charge in [-0.05, 0) is 12.1 Å². The first-order chi connectivity index (χ1) is 7.17. The van der Waals surface area contributed by atoms with E-state index >= 15 is 0 Å². The molecule has 1 aromatic rings. The summed E-state index contributed by atoms with van der Waals surface area (Å²) in [4.78, 5) is 11.2. The largest absolute Gasteiger partial charge is 0.494 e. The van der Waals surface area contributed by atoms with E-state index in [2.05, 4.69) is 10.1 Å². The first kappa shape index (κ1) is 11.5. The second-order valence-corrected chi connectivity index (χ2v) is 2.83. The molecule has 0 bridgehead atoms. The normalized spacial score (nSPS) is 9.80. The molecule has 0 radical (unpaired) electrons. The molecule has 82 valence electrons. The van der Waals surface area contributed by atoms with E-state index in [4.69, 9.17) is 4.74 Å². The molecule has 0 aliphatic carbocycles. The summed E-state index contributed by atoms with van der Waals surface area (Å²) in [5.41, 5.74) is 0.418. The molecule has 0 aliphatic heterocycles. The Hall–Kier alpha value is -1.62. The van der Waals surface area contributed by atoms with E-state index in [1.54, 1.807) is 0 Å². The third-order valence-corrected chi connectivity index (χ3v) is 1.71. The SMILES string of the molecule is COCC(=O)Nc1ccc(F)cc1OC. The molecule has 0 saturated heterocycles. The molecular weight excluding hydrogens is 201 g/mol. The molecule has 15 heavy (non-hydrogen) atoms. The summed E-state index contributed by atoms with van der Waals surface area (Å²) in [6.45, 7) is -0.0550. The minimum Gasteiger partial charge on any atom is -0.494 e. The van der Waals surface area contributed by atoms with Gasteiger partial charge in [-0.15, -0.1) is 0 Å². The summed E-state index contributed by atoms with van der Waals surface area (Å²) < 4.78 is 22.4. The number of rotatable bonds is 4. The van der Waals surface area contributed by atoms with Crippen molar-refractivity contribution in [3.63, 3.8) is 0 Å². The second-order valence-electron chi connectivity index (χ2n) is 2.83. The second kappa shape index (κ2) is 5.31. The maximum absolute atomic E-state index is 12.8. The molecule has 1 rings (SSSR count). The van der Waals surface area contributed by atoms with Crippen LogP contribution in [0.25, 0.3) is 0 Å². The Balaban J connectivity index is 2.80. The third-order valence-electron chi connectivity index (χ3n) is 1.71. The smallest absolute Gasteiger partial charge is 0.250 e. The van der Waals surface area contributed by atoms with Crippen LogP contribution in [0.1, 0.15) is 0 Å². The van der Waals surface area contributed by atoms with Crippen molar-refractivity contribution in [3.8, 4) is 5.75 Å². The van der Waals surface area contributed by atoms with Crippen molar-refractivity contribution in [2.75, 3.05) is 26.1 Å². The highest BCUT2D eigenvalue weighted by molar-refractivity contribution is 5.93. The minimum absolute atomic E-state index is 0.0550. The number of hydrogen-bond donors (Lipinski definition) is 1. The fourth-order valence-corrected chi connectivity index (χ4v) is 1.09. The van der Waals surface area contributed by atoms with E-state index in [0.29, 0.717) is 5.69 Å². The molecule has 4 nitrogen and oxygen atoms in total. The van der Waals surface area contributed by atoms with E-state index in [1.807, 2.05) is 0 Å². The molecule has 1 N–H and O–H groups in total. The summed E-state index contributed by atoms with van der Waals surface area (Å²) in [5, 5.41) is 2.53. The third kappa shape index (κ3) is 3.21. The van der Waals surface area contributed by atoms with E-state index in [-0.39, 0.29) is 18.3 Å². The van der Waals surface area contributed by atoms with Crippen molar-refractivity contribution >= 4 is 11.6 Å². The van der Waals surface area contributed by atoms with Crippen LogP contribution >= 0.6 is 0 Å². The van der Waals surface area contributed by atoms with Gasteiger partial charge in [0.1, 0.15) is 18.2 Å². The van der Waals surface area contributed by atoms with E-state index < -0.39 is 5.82 Å². The number of amides is 1. The maximum Gasteiger partial charge on any atom is 0.250 e. The number of hydrogen-bond acceptors (Lipinski definition) is 3. The van der Waals surface area contributed by atoms with Crippen molar-refractivity contribution in [1.82, 2.24) is 0 Å². The van der Waals surface area contributed by atoms with Gasteiger partial charge < -0.3 is 14.8 Å². The number of carbonyl (C=O) groups is 1. The maximum atomic E-state index is 12.8. The van der Waals surface area contributed by atoms with Gasteiger partial charge in [-0.3, -0.25) is 4.79 Å². The first-order valence-electron chi connectivity index (χ1n) is 4.29. The van der Waals surface area contributed by atoms with Crippen molar-refractivity contribution in [2.45, 2.75) is 0 Å². The zero-order chi connectivity index (χ0) is 11.3. The van der Waals surface area contributed by atoms with Gasteiger partial charge in [0, 0.05) is 13.2 Å². The lowest BCUT2D eigenvalue weighted by Gasteiger charge is -2.09. The zero-order valence-electron chi connectivity index (χ0n) is 8.54. The van der Waals surface area contributed by atoms with Gasteiger partial charge in [-0.1, -0.05) is 0 Å². The van der Waals surface area contributed by atoms with Crippen LogP contribution in [0, 0.1) is 5.82 Å². The summed E-state index contributed by atoms with van der Waals surface area (Å²) in [7, 11) is 2.82. The topological polar surface area (TPSA) is 47.6 Å². The lowest BCUT2D eigenvalue weighted by Crippen LogP contribution is -2.17. The number of methoxy groups -OCH3 is 2. The average molecular weight is 213 g/mol. The number of ether oxygens (including phenoxy) is 2. The van der Waals surface area contributed by atoms with E-state index in [1.165, 1.54) is 32.4 Å². The standard InChI is InChI=1S/C10H12FNO3/c1-14-6-10(13)12-8-4-3-7(11)5-9(8)15-2/h3-5H,6H2,1-2H3,(H,12,13). The Morgan fingerprint density at radius 2 is 2.20 bits per heavy atom. The quantitative estimate of drug-likeness (QED) is 0.822. The number of benzene rings is 1. The van der Waals surface area contributed by atoms with Crippen LogP contribution in [0.5, 0.6) is 5.75 Å². The molecule has 0 heterocycles. The molecule has 0 spiro atoms. The van der Waals surface area contributed by atoms with Crippen molar-refractivity contribution in [3.05, 3.63) is 24.0 Å². The van der Waals surface area contributed by atoms with Crippen LogP contribution in [0.4, 0.5) is 10.1 Å². The first-order valence-corrected chi connectivity index (χ1v) is 4.29. The molecule has 5 heteroatoms. The zero-order valence-corrected chi connectivity index (χ0v) is 8.54. The Labute approximate surface area is 87.0 Å². The Bertz CT molecular complexity index is 355. The monoisotopic (exact) mass is 213 g/mol. The summed E-state index contributed by atoms with van der Waals surface area (Å²) in [6, 6.07) is 3.87. The Morgan fingerprint density at radius 1 is 1.47 bits per heavy atom. The molecule has 0 aromatic heterocycles. The Morgan fingerprint density at radius 3 is 2.80 bits per heavy atom. The van der Waals surface area contributed by atoms with Crippen LogP contribution in [0.15, 0.2) is 18.2 Å². The van der Waals surface area contributed by atoms with Crippen molar-refractivity contribution in [1.29, 1.82) is 0 Å². The van der Waals surface area contributed by atoms with Crippen molar-refractivity contribution < 1.29 is 18.7 Å². The molecule has 1 amide bonds. The summed E-state index contributed by atoms with van der Waals surface area (Å²) in [6.07, 6.45) is 0. The molecule has 1 aromatic carbocycles. The van der Waals surface area contributed by atoms with Gasteiger partial charge in [0.15, 0.2) is 0 Å². The highest BCUT2D eigenvalue weighted by Crippen LogP contribution is 2.24. The number of halogens is 1. The van der Waals surface area contributed by atoms with Gasteiger partial charge >= 0.3 is 0 Å². The van der Waals surface area contributed by atoms with E-state index in [0.717, 1.165) is 0 Å². The van der Waals surface area contributed by atoms with Gasteiger partial charge in [0.05, 0.1) is 12.8 Å². The van der Waals surface area contributed by atoms with Crippen molar-refractivity contribution in [2.24, 2.45) is 0 Å². The van der Waals surface area contributed by atoms with Crippen LogP contribution in [0.3, 0.4) is 0 Å². The lowest BCUT2D eigenvalue weighted by atomic mass is 10.3. The highest BCUT2D eigenvalue weighted by Gasteiger charge is 2.07. The average Bonchev–Trinajstić information content (AvgIpc) is 2.21. The molecule has 0 fully saturated rings. The summed E-state index contributed by atoms with van der Waals surface area (Å²) >= 11 is 0. The van der Waals surface area contributed by atoms with Gasteiger partial charge in [-0.25, -0.2) is 4.39 Å². The lowest BCUT2D eigenvalue weighted by molar-refractivity contribution is -0.119. The number of nitrogens with one attached hydrogen (secondary N) is 1. The predicted molar refractivity (Wildman–Crippen MR) is 53.5 cm³/mol. The van der Waals surface area contributed by atoms with Gasteiger partial charge in [0.2, 0.25) is 5.91 Å². The highest BCUT2D eigenvalue weighted by atomic mass is 19.1. The predicted octanol–water partition coefficient (Wildman–Crippen LogP) is 1.42. The molecule has 0 unspecified atom stereocenters. The van der Waals surface area contributed by atoms with Crippen LogP contribution in [-0.2, 0) is 9.53 Å². The van der Waals surface area contributed by atoms with Crippen LogP contribution in [0.2, 0.25) is 0 Å². The fourth-order valence-electron chi connectivity index (χ4n) is 1.09. The molecule has 0 aliphatic rings. The van der Waals surface area contributed by atoms with Gasteiger partial charge in [0.25, 0.3) is 0 Å². The minimum atomic E-state index is -0.420.